The van der Waals surface area contributed by atoms with E-state index in [1.165, 1.54) is 0 Å². The van der Waals surface area contributed by atoms with Gasteiger partial charge in [-0.3, -0.25) is 9.59 Å². The molecule has 132 valence electrons. The molecule has 6 aliphatic rings. The smallest absolute Gasteiger partial charge is 0.313 e. The molecule has 2 fully saturated rings. The Labute approximate surface area is 143 Å². The minimum absolute atomic E-state index is 0.303. The maximum absolute atomic E-state index is 11.0. The Kier molecular flexibility index (Phi) is 3.93. The summed E-state index contributed by atoms with van der Waals surface area (Å²) in [6.07, 6.45) is 15.5. The van der Waals surface area contributed by atoms with E-state index in [4.69, 9.17) is 10.2 Å². The van der Waals surface area contributed by atoms with Gasteiger partial charge in [-0.25, -0.2) is 0 Å². The molecule has 0 spiro atoms. The van der Waals surface area contributed by atoms with Gasteiger partial charge in [0.05, 0.1) is 10.8 Å². The molecule has 2 saturated carbocycles. The van der Waals surface area contributed by atoms with Crippen molar-refractivity contribution in [3.05, 3.63) is 24.3 Å². The molecular formula is C20H28O4. The monoisotopic (exact) mass is 332 g/mol. The summed E-state index contributed by atoms with van der Waals surface area (Å²) in [7, 11) is 0. The van der Waals surface area contributed by atoms with Gasteiger partial charge in [-0.2, -0.15) is 0 Å². The topological polar surface area (TPSA) is 74.6 Å². The lowest BCUT2D eigenvalue weighted by Crippen LogP contribution is -2.40. The van der Waals surface area contributed by atoms with Gasteiger partial charge in [0.25, 0.3) is 0 Å². The van der Waals surface area contributed by atoms with Crippen LogP contribution in [0.5, 0.6) is 0 Å². The van der Waals surface area contributed by atoms with E-state index in [9.17, 15) is 9.59 Å². The van der Waals surface area contributed by atoms with Crippen LogP contribution in [0.4, 0.5) is 0 Å². The second-order valence-corrected chi connectivity index (χ2v) is 8.90. The molecule has 2 N–H and O–H groups in total. The molecule has 0 aromatic carbocycles. The Morgan fingerprint density at radius 2 is 0.917 bits per heavy atom. The van der Waals surface area contributed by atoms with Crippen LogP contribution in [0.1, 0.15) is 65.2 Å². The molecule has 24 heavy (non-hydrogen) atoms. The van der Waals surface area contributed by atoms with E-state index in [-0.39, 0.29) is 0 Å². The highest BCUT2D eigenvalue weighted by atomic mass is 16.4. The molecule has 0 saturated heterocycles. The highest BCUT2D eigenvalue weighted by Gasteiger charge is 2.47. The van der Waals surface area contributed by atoms with Crippen LogP contribution in [0.3, 0.4) is 0 Å². The van der Waals surface area contributed by atoms with Crippen LogP contribution in [-0.4, -0.2) is 22.2 Å². The molecule has 0 radical (unpaired) electrons. The summed E-state index contributed by atoms with van der Waals surface area (Å²) in [6.45, 7) is 4.43. The van der Waals surface area contributed by atoms with Crippen LogP contribution >= 0.6 is 0 Å². The summed E-state index contributed by atoms with van der Waals surface area (Å²) in [5, 5.41) is 18.1. The van der Waals surface area contributed by atoms with E-state index in [1.54, 1.807) is 0 Å². The Morgan fingerprint density at radius 1 is 0.625 bits per heavy atom. The highest BCUT2D eigenvalue weighted by Crippen LogP contribution is 2.52. The van der Waals surface area contributed by atoms with Crippen molar-refractivity contribution in [2.75, 3.05) is 0 Å². The van der Waals surface area contributed by atoms with Crippen LogP contribution in [0.15, 0.2) is 24.3 Å². The summed E-state index contributed by atoms with van der Waals surface area (Å²) in [4.78, 5) is 22.0. The number of hydrogen-bond donors (Lipinski definition) is 2. The first-order valence-corrected chi connectivity index (χ1v) is 9.01. The SMILES string of the molecule is CC12C=CC(C(=O)O)(CC1)CC2.CC12C=CC(C(=O)O)(CC1)CC2. The molecule has 4 bridgehead atoms. The first-order valence-electron chi connectivity index (χ1n) is 9.01. The quantitative estimate of drug-likeness (QED) is 0.734. The van der Waals surface area contributed by atoms with E-state index in [0.29, 0.717) is 10.8 Å². The van der Waals surface area contributed by atoms with Crippen LogP contribution in [0.25, 0.3) is 0 Å². The fourth-order valence-electron chi connectivity index (χ4n) is 4.49. The van der Waals surface area contributed by atoms with Crippen LogP contribution in [0, 0.1) is 21.7 Å². The highest BCUT2D eigenvalue weighted by molar-refractivity contribution is 5.78. The van der Waals surface area contributed by atoms with Crippen molar-refractivity contribution in [2.45, 2.75) is 65.2 Å². The van der Waals surface area contributed by atoms with E-state index in [1.807, 2.05) is 12.2 Å². The lowest BCUT2D eigenvalue weighted by molar-refractivity contribution is -0.150. The zero-order valence-corrected chi connectivity index (χ0v) is 14.7. The van der Waals surface area contributed by atoms with Crippen molar-refractivity contribution in [2.24, 2.45) is 21.7 Å². The predicted octanol–water partition coefficient (Wildman–Crippen LogP) is 4.42. The number of carboxylic acid groups (broad SMARTS) is 2. The molecule has 0 atom stereocenters. The Morgan fingerprint density at radius 3 is 1.08 bits per heavy atom. The van der Waals surface area contributed by atoms with E-state index in [2.05, 4.69) is 26.0 Å². The minimum Gasteiger partial charge on any atom is -0.481 e. The average Bonchev–Trinajstić information content (AvgIpc) is 2.57. The number of hydrogen-bond acceptors (Lipinski definition) is 2. The second-order valence-electron chi connectivity index (χ2n) is 8.90. The predicted molar refractivity (Wildman–Crippen MR) is 91.6 cm³/mol. The number of carbonyl (C=O) groups is 2. The normalized spacial score (nSPS) is 44.8. The first-order chi connectivity index (χ1) is 11.1. The lowest BCUT2D eigenvalue weighted by Gasteiger charge is -2.44. The zero-order chi connectivity index (χ0) is 17.6. The van der Waals surface area contributed by atoms with Gasteiger partial charge < -0.3 is 10.2 Å². The second kappa shape index (κ2) is 5.47. The summed E-state index contributed by atoms with van der Waals surface area (Å²) < 4.78 is 0. The standard InChI is InChI=1S/2C10H14O2/c2*1-9-2-5-10(6-3-9,7-4-9)8(11)12/h2*2,5H,3-4,6-7H2,1H3,(H,11,12). The van der Waals surface area contributed by atoms with Gasteiger partial charge in [-0.15, -0.1) is 0 Å². The molecule has 4 nitrogen and oxygen atoms in total. The lowest BCUT2D eigenvalue weighted by atomic mass is 9.59. The third-order valence-corrected chi connectivity index (χ3v) is 7.03. The molecular weight excluding hydrogens is 304 g/mol. The fourth-order valence-corrected chi connectivity index (χ4v) is 4.49. The summed E-state index contributed by atoms with van der Waals surface area (Å²) >= 11 is 0. The number of carboxylic acids is 2. The van der Waals surface area contributed by atoms with Crippen molar-refractivity contribution >= 4 is 11.9 Å². The largest absolute Gasteiger partial charge is 0.481 e. The van der Waals surface area contributed by atoms with Crippen molar-refractivity contribution in [3.8, 4) is 0 Å². The molecule has 4 heteroatoms. The molecule has 6 aliphatic carbocycles. The van der Waals surface area contributed by atoms with Gasteiger partial charge in [-0.1, -0.05) is 38.2 Å². The van der Waals surface area contributed by atoms with E-state index >= 15 is 0 Å². The summed E-state index contributed by atoms with van der Waals surface area (Å²) in [5.74, 6) is -1.28. The third kappa shape index (κ3) is 2.80. The van der Waals surface area contributed by atoms with Crippen molar-refractivity contribution in [1.29, 1.82) is 0 Å². The van der Waals surface area contributed by atoms with Gasteiger partial charge in [0, 0.05) is 0 Å². The van der Waals surface area contributed by atoms with E-state index < -0.39 is 22.8 Å². The average molecular weight is 332 g/mol. The third-order valence-electron chi connectivity index (χ3n) is 7.03. The van der Waals surface area contributed by atoms with Crippen LogP contribution in [0.2, 0.25) is 0 Å². The van der Waals surface area contributed by atoms with Crippen LogP contribution in [-0.2, 0) is 9.59 Å². The first kappa shape index (κ1) is 17.2. The van der Waals surface area contributed by atoms with Crippen LogP contribution < -0.4 is 0 Å². The van der Waals surface area contributed by atoms with Gasteiger partial charge in [-0.05, 0) is 62.2 Å². The maximum atomic E-state index is 11.0. The van der Waals surface area contributed by atoms with Gasteiger partial charge >= 0.3 is 11.9 Å². The van der Waals surface area contributed by atoms with Gasteiger partial charge in [0.1, 0.15) is 0 Å². The summed E-state index contributed by atoms with van der Waals surface area (Å²) in [5.41, 5.74) is -0.399. The number of fused-ring (bicyclic) bond motifs is 4. The molecule has 6 rings (SSSR count). The Bertz CT molecular complexity index is 543. The molecule has 0 aromatic rings. The molecule has 0 amide bonds. The number of rotatable bonds is 2. The van der Waals surface area contributed by atoms with Gasteiger partial charge in [0.15, 0.2) is 0 Å². The zero-order valence-electron chi connectivity index (χ0n) is 14.7. The van der Waals surface area contributed by atoms with Crippen molar-refractivity contribution in [3.63, 3.8) is 0 Å². The Balaban J connectivity index is 0.000000141. The number of allylic oxidation sites excluding steroid dienone is 2. The van der Waals surface area contributed by atoms with E-state index in [0.717, 1.165) is 51.4 Å². The Hall–Kier alpha value is -1.58. The maximum Gasteiger partial charge on any atom is 0.313 e. The molecule has 0 unspecified atom stereocenters. The molecule has 0 heterocycles. The minimum atomic E-state index is -0.638. The van der Waals surface area contributed by atoms with Crippen molar-refractivity contribution < 1.29 is 19.8 Å². The van der Waals surface area contributed by atoms with Crippen molar-refractivity contribution in [1.82, 2.24) is 0 Å². The fraction of sp³-hybridized carbons (Fsp3) is 0.700. The molecule has 0 aliphatic heterocycles. The summed E-state index contributed by atoms with van der Waals surface area (Å²) in [6, 6.07) is 0. The molecule has 0 aromatic heterocycles. The van der Waals surface area contributed by atoms with Gasteiger partial charge in [0.2, 0.25) is 0 Å². The number of aliphatic carboxylic acids is 2.